The molecule has 1 saturated carbocycles. The van der Waals surface area contributed by atoms with Gasteiger partial charge in [-0.25, -0.2) is 0 Å². The number of carbonyl (C=O) groups excluding carboxylic acids is 1. The third-order valence-electron chi connectivity index (χ3n) is 4.95. The number of hydrogen-bond donors (Lipinski definition) is 1. The zero-order valence-corrected chi connectivity index (χ0v) is 14.0. The van der Waals surface area contributed by atoms with Crippen LogP contribution in [-0.4, -0.2) is 36.0 Å². The van der Waals surface area contributed by atoms with E-state index in [1.54, 1.807) is 0 Å². The van der Waals surface area contributed by atoms with E-state index in [-0.39, 0.29) is 17.6 Å². The molecule has 1 aliphatic heterocycles. The Balaban J connectivity index is 1.75. The van der Waals surface area contributed by atoms with E-state index >= 15 is 0 Å². The summed E-state index contributed by atoms with van der Waals surface area (Å²) in [4.78, 5) is 14.9. The highest BCUT2D eigenvalue weighted by atomic mass is 35.5. The smallest absolute Gasteiger partial charge is 0.348 e. The molecule has 7 heteroatoms. The van der Waals surface area contributed by atoms with Crippen molar-refractivity contribution in [2.24, 2.45) is 0 Å². The van der Waals surface area contributed by atoms with Crippen molar-refractivity contribution in [2.75, 3.05) is 13.1 Å². The molecule has 1 aromatic carbocycles. The van der Waals surface area contributed by atoms with Crippen LogP contribution in [0.5, 0.6) is 0 Å². The van der Waals surface area contributed by atoms with Gasteiger partial charge in [-0.1, -0.05) is 17.7 Å². The summed E-state index contributed by atoms with van der Waals surface area (Å²) in [6.45, 7) is 2.06. The van der Waals surface area contributed by atoms with Crippen LogP contribution in [0.25, 0.3) is 0 Å². The summed E-state index contributed by atoms with van der Waals surface area (Å²) in [6, 6.07) is 3.70. The van der Waals surface area contributed by atoms with Crippen molar-refractivity contribution in [1.82, 2.24) is 10.2 Å². The summed E-state index contributed by atoms with van der Waals surface area (Å²) in [5.41, 5.74) is -1.09. The molecule has 24 heavy (non-hydrogen) atoms. The lowest BCUT2D eigenvalue weighted by molar-refractivity contribution is -0.137. The van der Waals surface area contributed by atoms with Crippen LogP contribution in [0.3, 0.4) is 0 Å². The number of carbonyl (C=O) groups is 1. The Morgan fingerprint density at radius 2 is 1.88 bits per heavy atom. The summed E-state index contributed by atoms with van der Waals surface area (Å²) >= 11 is 5.85. The van der Waals surface area contributed by atoms with Crippen LogP contribution in [-0.2, 0) is 6.18 Å². The molecule has 1 aliphatic carbocycles. The average Bonchev–Trinajstić information content (AvgIpc) is 3.16. The number of hydrogen-bond acceptors (Lipinski definition) is 2. The first-order chi connectivity index (χ1) is 11.4. The third kappa shape index (κ3) is 3.54. The van der Waals surface area contributed by atoms with Crippen LogP contribution in [0.4, 0.5) is 13.2 Å². The maximum atomic E-state index is 12.9. The first kappa shape index (κ1) is 17.5. The molecule has 1 heterocycles. The van der Waals surface area contributed by atoms with E-state index in [1.807, 2.05) is 0 Å². The zero-order chi connectivity index (χ0) is 17.3. The second kappa shape index (κ2) is 6.92. The van der Waals surface area contributed by atoms with Crippen molar-refractivity contribution in [3.63, 3.8) is 0 Å². The summed E-state index contributed by atoms with van der Waals surface area (Å²) < 4.78 is 38.8. The van der Waals surface area contributed by atoms with Crippen LogP contribution in [0.15, 0.2) is 18.2 Å². The van der Waals surface area contributed by atoms with E-state index in [9.17, 15) is 18.0 Å². The van der Waals surface area contributed by atoms with Crippen LogP contribution < -0.4 is 5.32 Å². The number of benzene rings is 1. The Hall–Kier alpha value is -1.27. The summed E-state index contributed by atoms with van der Waals surface area (Å²) in [5, 5.41) is 2.38. The molecule has 0 unspecified atom stereocenters. The van der Waals surface area contributed by atoms with Crippen LogP contribution >= 0.6 is 11.6 Å². The molecule has 1 N–H and O–H groups in total. The Morgan fingerprint density at radius 1 is 1.17 bits per heavy atom. The lowest BCUT2D eigenvalue weighted by Crippen LogP contribution is -2.47. The fourth-order valence-electron chi connectivity index (χ4n) is 3.79. The van der Waals surface area contributed by atoms with Gasteiger partial charge in [0, 0.05) is 12.1 Å². The van der Waals surface area contributed by atoms with Crippen molar-refractivity contribution >= 4 is 17.5 Å². The predicted molar refractivity (Wildman–Crippen MR) is 86.2 cm³/mol. The monoisotopic (exact) mass is 360 g/mol. The normalized spacial score (nSPS) is 25.2. The Kier molecular flexibility index (Phi) is 5.06. The van der Waals surface area contributed by atoms with Crippen molar-refractivity contribution in [3.8, 4) is 0 Å². The third-order valence-corrected chi connectivity index (χ3v) is 5.36. The minimum absolute atomic E-state index is 0.0267. The summed E-state index contributed by atoms with van der Waals surface area (Å²) in [6.07, 6.45) is 0.638. The number of amides is 1. The molecule has 0 aromatic heterocycles. The molecule has 0 bridgehead atoms. The number of nitrogens with zero attached hydrogens (tertiary/aromatic N) is 1. The van der Waals surface area contributed by atoms with Crippen LogP contribution in [0.2, 0.25) is 5.02 Å². The average molecular weight is 361 g/mol. The van der Waals surface area contributed by atoms with Crippen LogP contribution in [0.1, 0.15) is 48.0 Å². The lowest BCUT2D eigenvalue weighted by atomic mass is 10.1. The minimum Gasteiger partial charge on any atom is -0.348 e. The predicted octanol–water partition coefficient (Wildman–Crippen LogP) is 4.11. The molecule has 0 radical (unpaired) electrons. The largest absolute Gasteiger partial charge is 0.417 e. The standard InChI is InChI=1S/C17H20ClF3N2O/c18-15-11(5-3-6-12(15)17(19,20)21)16(24)22-13-7-4-8-14(13)23-9-1-2-10-23/h3,5-6,13-14H,1-2,4,7-10H2,(H,22,24)/t13-,14+/m0/s1. The highest BCUT2D eigenvalue weighted by molar-refractivity contribution is 6.34. The van der Waals surface area contributed by atoms with Gasteiger partial charge in [-0.05, 0) is 57.3 Å². The van der Waals surface area contributed by atoms with Gasteiger partial charge in [0.05, 0.1) is 16.1 Å². The molecule has 2 atom stereocenters. The zero-order valence-electron chi connectivity index (χ0n) is 13.2. The van der Waals surface area contributed by atoms with Gasteiger partial charge < -0.3 is 5.32 Å². The van der Waals surface area contributed by atoms with E-state index in [2.05, 4.69) is 10.2 Å². The Bertz CT molecular complexity index is 614. The van der Waals surface area contributed by atoms with E-state index in [4.69, 9.17) is 11.6 Å². The van der Waals surface area contributed by atoms with Crippen molar-refractivity contribution in [3.05, 3.63) is 34.3 Å². The molecule has 2 aliphatic rings. The minimum atomic E-state index is -4.57. The van der Waals surface area contributed by atoms with Gasteiger partial charge in [-0.15, -0.1) is 0 Å². The molecule has 1 saturated heterocycles. The molecule has 2 fully saturated rings. The van der Waals surface area contributed by atoms with Crippen LogP contribution in [0, 0.1) is 0 Å². The highest BCUT2D eigenvalue weighted by Gasteiger charge is 2.37. The summed E-state index contributed by atoms with van der Waals surface area (Å²) in [5.74, 6) is -0.526. The number of likely N-dealkylation sites (tertiary alicyclic amines) is 1. The molecule has 1 aromatic rings. The summed E-state index contributed by atoms with van der Waals surface area (Å²) in [7, 11) is 0. The fraction of sp³-hybridized carbons (Fsp3) is 0.588. The SMILES string of the molecule is O=C(N[C@H]1CCC[C@H]1N1CCCC1)c1cccc(C(F)(F)F)c1Cl. The van der Waals surface area contributed by atoms with E-state index < -0.39 is 22.7 Å². The van der Waals surface area contributed by atoms with Gasteiger partial charge in [0.1, 0.15) is 0 Å². The number of rotatable bonds is 3. The fourth-order valence-corrected chi connectivity index (χ4v) is 4.11. The quantitative estimate of drug-likeness (QED) is 0.880. The first-order valence-corrected chi connectivity index (χ1v) is 8.66. The second-order valence-corrected chi connectivity index (χ2v) is 6.86. The highest BCUT2D eigenvalue weighted by Crippen LogP contribution is 2.36. The lowest BCUT2D eigenvalue weighted by Gasteiger charge is -2.29. The molecule has 3 rings (SSSR count). The molecular weight excluding hydrogens is 341 g/mol. The van der Waals surface area contributed by atoms with Gasteiger partial charge in [0.25, 0.3) is 5.91 Å². The Labute approximate surface area is 144 Å². The number of halogens is 4. The van der Waals surface area contributed by atoms with Gasteiger partial charge in [-0.2, -0.15) is 13.2 Å². The Morgan fingerprint density at radius 3 is 2.54 bits per heavy atom. The maximum Gasteiger partial charge on any atom is 0.417 e. The van der Waals surface area contributed by atoms with Crippen molar-refractivity contribution in [1.29, 1.82) is 0 Å². The molecule has 3 nitrogen and oxygen atoms in total. The second-order valence-electron chi connectivity index (χ2n) is 6.49. The molecule has 1 amide bonds. The number of alkyl halides is 3. The van der Waals surface area contributed by atoms with Gasteiger partial charge >= 0.3 is 6.18 Å². The van der Waals surface area contributed by atoms with Crippen molar-refractivity contribution in [2.45, 2.75) is 50.4 Å². The van der Waals surface area contributed by atoms with E-state index in [0.717, 1.165) is 51.3 Å². The molecule has 0 spiro atoms. The molecule has 132 valence electrons. The maximum absolute atomic E-state index is 12.9. The first-order valence-electron chi connectivity index (χ1n) is 8.28. The van der Waals surface area contributed by atoms with Crippen molar-refractivity contribution < 1.29 is 18.0 Å². The van der Waals surface area contributed by atoms with Gasteiger partial charge in [0.2, 0.25) is 0 Å². The van der Waals surface area contributed by atoms with Gasteiger partial charge in [0.15, 0.2) is 0 Å². The van der Waals surface area contributed by atoms with E-state index in [0.29, 0.717) is 0 Å². The van der Waals surface area contributed by atoms with E-state index in [1.165, 1.54) is 12.1 Å². The topological polar surface area (TPSA) is 32.3 Å². The van der Waals surface area contributed by atoms with Gasteiger partial charge in [-0.3, -0.25) is 9.69 Å². The number of nitrogens with one attached hydrogen (secondary N) is 1. The molecular formula is C17H20ClF3N2O.